The summed E-state index contributed by atoms with van der Waals surface area (Å²) >= 11 is 1.61. The molecule has 1 aromatic heterocycles. The molecular formula is C18H17NO2S. The number of benzene rings is 2. The molecule has 4 heteroatoms. The Morgan fingerprint density at radius 1 is 1.00 bits per heavy atom. The van der Waals surface area contributed by atoms with Crippen molar-refractivity contribution in [3.05, 3.63) is 78.3 Å². The zero-order chi connectivity index (χ0) is 15.2. The van der Waals surface area contributed by atoms with E-state index in [0.29, 0.717) is 17.4 Å². The first-order chi connectivity index (χ1) is 10.8. The molecule has 112 valence electrons. The molecule has 0 aliphatic heterocycles. The molecule has 0 fully saturated rings. The van der Waals surface area contributed by atoms with Gasteiger partial charge in [0.15, 0.2) is 5.76 Å². The van der Waals surface area contributed by atoms with Crippen LogP contribution in [0.15, 0.2) is 71.3 Å². The second kappa shape index (κ2) is 7.29. The summed E-state index contributed by atoms with van der Waals surface area (Å²) in [5.41, 5.74) is 1.96. The molecule has 0 amide bonds. The number of nitrogens with zero attached hydrogens (tertiary/aromatic N) is 1. The van der Waals surface area contributed by atoms with Gasteiger partial charge in [-0.3, -0.25) is 0 Å². The topological polar surface area (TPSA) is 46.3 Å². The molecule has 0 saturated heterocycles. The van der Waals surface area contributed by atoms with Gasteiger partial charge in [0.25, 0.3) is 0 Å². The fourth-order valence-corrected chi connectivity index (χ4v) is 2.98. The smallest absolute Gasteiger partial charge is 0.204 e. The van der Waals surface area contributed by atoms with Gasteiger partial charge in [0.2, 0.25) is 5.89 Å². The van der Waals surface area contributed by atoms with Crippen LogP contribution in [-0.2, 0) is 5.75 Å². The Balaban J connectivity index is 1.53. The van der Waals surface area contributed by atoms with Crippen molar-refractivity contribution < 1.29 is 9.52 Å². The van der Waals surface area contributed by atoms with Crippen LogP contribution < -0.4 is 0 Å². The Bertz CT molecular complexity index is 697. The summed E-state index contributed by atoms with van der Waals surface area (Å²) in [7, 11) is 0. The molecule has 2 aromatic carbocycles. The van der Waals surface area contributed by atoms with Crippen LogP contribution in [0.4, 0.5) is 0 Å². The summed E-state index contributed by atoms with van der Waals surface area (Å²) < 4.78 is 5.74. The lowest BCUT2D eigenvalue weighted by atomic mass is 10.1. The summed E-state index contributed by atoms with van der Waals surface area (Å²) in [5.74, 6) is 2.73. The maximum absolute atomic E-state index is 10.1. The minimum Gasteiger partial charge on any atom is -0.440 e. The van der Waals surface area contributed by atoms with E-state index in [-0.39, 0.29) is 0 Å². The van der Waals surface area contributed by atoms with Crippen molar-refractivity contribution in [2.45, 2.75) is 11.9 Å². The monoisotopic (exact) mass is 311 g/mol. The quantitative estimate of drug-likeness (QED) is 0.737. The normalized spacial score (nSPS) is 12.2. The van der Waals surface area contributed by atoms with E-state index < -0.39 is 6.10 Å². The van der Waals surface area contributed by atoms with E-state index in [1.54, 1.807) is 18.0 Å². The number of oxazole rings is 1. The predicted octanol–water partition coefficient (Wildman–Crippen LogP) is 4.31. The molecule has 1 heterocycles. The van der Waals surface area contributed by atoms with Gasteiger partial charge in [-0.05, 0) is 5.56 Å². The minimum absolute atomic E-state index is 0.463. The molecule has 0 saturated carbocycles. The third-order valence-corrected chi connectivity index (χ3v) is 4.30. The number of aliphatic hydroxyl groups is 1. The van der Waals surface area contributed by atoms with Crippen molar-refractivity contribution in [3.8, 4) is 11.3 Å². The Labute approximate surface area is 134 Å². The molecule has 0 radical (unpaired) electrons. The average molecular weight is 311 g/mol. The van der Waals surface area contributed by atoms with Gasteiger partial charge in [0, 0.05) is 11.3 Å². The zero-order valence-corrected chi connectivity index (χ0v) is 12.9. The van der Waals surface area contributed by atoms with Crippen molar-refractivity contribution in [1.29, 1.82) is 0 Å². The molecule has 0 bridgehead atoms. The van der Waals surface area contributed by atoms with E-state index in [1.165, 1.54) is 0 Å². The van der Waals surface area contributed by atoms with Crippen LogP contribution >= 0.6 is 11.8 Å². The molecule has 1 atom stereocenters. The zero-order valence-electron chi connectivity index (χ0n) is 12.1. The SMILES string of the molecule is O[C@H](CSCc1ncc(-c2ccccc2)o1)c1ccccc1. The molecule has 0 aliphatic carbocycles. The molecule has 3 nitrogen and oxygen atoms in total. The summed E-state index contributed by atoms with van der Waals surface area (Å²) in [6, 6.07) is 19.6. The number of thioether (sulfide) groups is 1. The highest BCUT2D eigenvalue weighted by atomic mass is 32.2. The van der Waals surface area contributed by atoms with Gasteiger partial charge >= 0.3 is 0 Å². The van der Waals surface area contributed by atoms with Gasteiger partial charge in [-0.15, -0.1) is 11.8 Å². The van der Waals surface area contributed by atoms with E-state index in [4.69, 9.17) is 4.42 Å². The van der Waals surface area contributed by atoms with Crippen LogP contribution in [0.25, 0.3) is 11.3 Å². The van der Waals surface area contributed by atoms with Crippen LogP contribution in [0.1, 0.15) is 17.6 Å². The summed E-state index contributed by atoms with van der Waals surface area (Å²) in [6.07, 6.45) is 1.29. The fourth-order valence-electron chi connectivity index (χ4n) is 2.14. The van der Waals surface area contributed by atoms with Gasteiger partial charge in [0.1, 0.15) is 0 Å². The molecule has 0 unspecified atom stereocenters. The Kier molecular flexibility index (Phi) is 4.93. The third-order valence-electron chi connectivity index (χ3n) is 3.30. The molecule has 22 heavy (non-hydrogen) atoms. The van der Waals surface area contributed by atoms with Gasteiger partial charge in [-0.2, -0.15) is 0 Å². The van der Waals surface area contributed by atoms with Crippen molar-refractivity contribution in [2.75, 3.05) is 5.75 Å². The maximum Gasteiger partial charge on any atom is 0.204 e. The lowest BCUT2D eigenvalue weighted by molar-refractivity contribution is 0.204. The van der Waals surface area contributed by atoms with Crippen molar-refractivity contribution in [3.63, 3.8) is 0 Å². The van der Waals surface area contributed by atoms with E-state index in [2.05, 4.69) is 4.98 Å². The predicted molar refractivity (Wildman–Crippen MR) is 89.5 cm³/mol. The highest BCUT2D eigenvalue weighted by Gasteiger charge is 2.09. The summed E-state index contributed by atoms with van der Waals surface area (Å²) in [4.78, 5) is 4.29. The van der Waals surface area contributed by atoms with Gasteiger partial charge < -0.3 is 9.52 Å². The fraction of sp³-hybridized carbons (Fsp3) is 0.167. The number of hydrogen-bond acceptors (Lipinski definition) is 4. The summed E-state index contributed by atoms with van der Waals surface area (Å²) in [6.45, 7) is 0. The first kappa shape index (κ1) is 14.9. The molecule has 3 aromatic rings. The molecule has 3 rings (SSSR count). The van der Waals surface area contributed by atoms with Crippen LogP contribution in [-0.4, -0.2) is 15.8 Å². The first-order valence-corrected chi connectivity index (χ1v) is 8.29. The van der Waals surface area contributed by atoms with E-state index in [9.17, 15) is 5.11 Å². The minimum atomic E-state index is -0.463. The standard InChI is InChI=1S/C18H17NO2S/c20-16(14-7-3-1-4-8-14)12-22-13-18-19-11-17(21-18)15-9-5-2-6-10-15/h1-11,16,20H,12-13H2/t16-/m1/s1. The van der Waals surface area contributed by atoms with E-state index in [1.807, 2.05) is 60.7 Å². The average Bonchev–Trinajstić information content (AvgIpc) is 3.05. The van der Waals surface area contributed by atoms with Crippen LogP contribution in [0.2, 0.25) is 0 Å². The van der Waals surface area contributed by atoms with E-state index >= 15 is 0 Å². The van der Waals surface area contributed by atoms with Crippen LogP contribution in [0.3, 0.4) is 0 Å². The lowest BCUT2D eigenvalue weighted by Gasteiger charge is -2.09. The highest BCUT2D eigenvalue weighted by molar-refractivity contribution is 7.98. The summed E-state index contributed by atoms with van der Waals surface area (Å²) in [5, 5.41) is 10.1. The third kappa shape index (κ3) is 3.78. The van der Waals surface area contributed by atoms with Gasteiger partial charge in [-0.25, -0.2) is 4.98 Å². The molecule has 0 aliphatic rings. The molecule has 0 spiro atoms. The van der Waals surface area contributed by atoms with E-state index in [0.717, 1.165) is 16.9 Å². The van der Waals surface area contributed by atoms with Crippen molar-refractivity contribution in [2.24, 2.45) is 0 Å². The number of aliphatic hydroxyl groups excluding tert-OH is 1. The largest absolute Gasteiger partial charge is 0.440 e. The van der Waals surface area contributed by atoms with Crippen LogP contribution in [0.5, 0.6) is 0 Å². The van der Waals surface area contributed by atoms with Gasteiger partial charge in [0.05, 0.1) is 18.1 Å². The second-order valence-corrected chi connectivity index (χ2v) is 5.96. The number of hydrogen-bond donors (Lipinski definition) is 1. The number of aromatic nitrogens is 1. The second-order valence-electron chi connectivity index (χ2n) is 4.93. The van der Waals surface area contributed by atoms with Crippen molar-refractivity contribution >= 4 is 11.8 Å². The van der Waals surface area contributed by atoms with Crippen molar-refractivity contribution in [1.82, 2.24) is 4.98 Å². The van der Waals surface area contributed by atoms with Gasteiger partial charge in [-0.1, -0.05) is 60.7 Å². The Morgan fingerprint density at radius 2 is 1.68 bits per heavy atom. The first-order valence-electron chi connectivity index (χ1n) is 7.14. The lowest BCUT2D eigenvalue weighted by Crippen LogP contribution is -2.00. The maximum atomic E-state index is 10.1. The number of rotatable bonds is 6. The molecular weight excluding hydrogens is 294 g/mol. The Morgan fingerprint density at radius 3 is 2.41 bits per heavy atom. The molecule has 1 N–H and O–H groups in total. The highest BCUT2D eigenvalue weighted by Crippen LogP contribution is 2.24. The van der Waals surface area contributed by atoms with Crippen LogP contribution in [0, 0.1) is 0 Å². The Hall–Kier alpha value is -2.04.